The predicted octanol–water partition coefficient (Wildman–Crippen LogP) is 4.17. The van der Waals surface area contributed by atoms with Crippen molar-refractivity contribution in [2.24, 2.45) is 0 Å². The van der Waals surface area contributed by atoms with Crippen LogP contribution < -0.4 is 0 Å². The van der Waals surface area contributed by atoms with Crippen molar-refractivity contribution in [3.8, 4) is 0 Å². The van der Waals surface area contributed by atoms with Crippen LogP contribution in [0.25, 0.3) is 0 Å². The molecule has 8 heteroatoms. The summed E-state index contributed by atoms with van der Waals surface area (Å²) in [5, 5.41) is 0. The van der Waals surface area contributed by atoms with Gasteiger partial charge < -0.3 is 4.74 Å². The number of rotatable bonds is 5. The first kappa shape index (κ1) is 17.5. The zero-order valence-corrected chi connectivity index (χ0v) is 10.9. The summed E-state index contributed by atoms with van der Waals surface area (Å²) in [5.41, 5.74) is -0.728. The lowest BCUT2D eigenvalue weighted by molar-refractivity contribution is -0.173. The molecule has 0 amide bonds. The average molecular weight is 314 g/mol. The first-order valence-corrected chi connectivity index (χ1v) is 5.86. The highest BCUT2D eigenvalue weighted by molar-refractivity contribution is 5.97. The van der Waals surface area contributed by atoms with E-state index in [-0.39, 0.29) is 17.5 Å². The summed E-state index contributed by atoms with van der Waals surface area (Å²) in [6.07, 6.45) is -9.32. The van der Waals surface area contributed by atoms with E-state index in [2.05, 4.69) is 4.74 Å². The number of halogens is 6. The Bertz CT molecular complexity index is 504. The molecule has 21 heavy (non-hydrogen) atoms. The highest BCUT2D eigenvalue weighted by Crippen LogP contribution is 2.30. The summed E-state index contributed by atoms with van der Waals surface area (Å²) in [4.78, 5) is 11.7. The molecule has 0 aromatic heterocycles. The normalized spacial score (nSPS) is 12.5. The molecule has 2 nitrogen and oxygen atoms in total. The second-order valence-electron chi connectivity index (χ2n) is 4.37. The van der Waals surface area contributed by atoms with E-state index in [1.165, 1.54) is 6.92 Å². The van der Waals surface area contributed by atoms with Crippen LogP contribution in [-0.2, 0) is 10.9 Å². The SMILES string of the molecule is Cc1cc(C(F)(F)F)ccc1C(=O)CCOCC(F)(F)F. The quantitative estimate of drug-likeness (QED) is 0.463. The zero-order valence-electron chi connectivity index (χ0n) is 10.9. The Morgan fingerprint density at radius 1 is 1.14 bits per heavy atom. The van der Waals surface area contributed by atoms with E-state index in [0.717, 1.165) is 18.2 Å². The third-order valence-electron chi connectivity index (χ3n) is 2.59. The van der Waals surface area contributed by atoms with Crippen LogP contribution in [0.4, 0.5) is 26.3 Å². The molecule has 0 fully saturated rings. The number of alkyl halides is 6. The number of ether oxygens (including phenoxy) is 1. The monoisotopic (exact) mass is 314 g/mol. The predicted molar refractivity (Wildman–Crippen MR) is 62.0 cm³/mol. The summed E-state index contributed by atoms with van der Waals surface area (Å²) in [6.45, 7) is -0.579. The van der Waals surface area contributed by atoms with Gasteiger partial charge in [-0.25, -0.2) is 0 Å². The molecule has 0 aliphatic rings. The van der Waals surface area contributed by atoms with E-state index in [1.807, 2.05) is 0 Å². The number of ketones is 1. The minimum atomic E-state index is -4.51. The molecule has 0 aliphatic carbocycles. The van der Waals surface area contributed by atoms with Crippen molar-refractivity contribution in [2.75, 3.05) is 13.2 Å². The highest BCUT2D eigenvalue weighted by Gasteiger charge is 2.31. The molecule has 0 N–H and O–H groups in total. The number of aryl methyl sites for hydroxylation is 1. The topological polar surface area (TPSA) is 26.3 Å². The van der Waals surface area contributed by atoms with Crippen LogP contribution in [-0.4, -0.2) is 25.2 Å². The van der Waals surface area contributed by atoms with Gasteiger partial charge in [0, 0.05) is 12.0 Å². The smallest absolute Gasteiger partial charge is 0.372 e. The molecule has 0 saturated heterocycles. The van der Waals surface area contributed by atoms with Gasteiger partial charge in [0.2, 0.25) is 0 Å². The van der Waals surface area contributed by atoms with Gasteiger partial charge in [-0.1, -0.05) is 6.07 Å². The Morgan fingerprint density at radius 3 is 2.24 bits per heavy atom. The van der Waals surface area contributed by atoms with Crippen molar-refractivity contribution in [3.05, 3.63) is 34.9 Å². The van der Waals surface area contributed by atoms with Gasteiger partial charge in [0.05, 0.1) is 12.2 Å². The molecule has 0 saturated carbocycles. The number of carbonyl (C=O) groups excluding carboxylic acids is 1. The standard InChI is InChI=1S/C13H12F6O2/c1-8-6-9(13(17,18)19)2-3-10(8)11(20)4-5-21-7-12(14,15)16/h2-3,6H,4-5,7H2,1H3. The second kappa shape index (κ2) is 6.46. The molecule has 0 heterocycles. The van der Waals surface area contributed by atoms with Crippen LogP contribution in [0.5, 0.6) is 0 Å². The average Bonchev–Trinajstić information content (AvgIpc) is 2.32. The second-order valence-corrected chi connectivity index (χ2v) is 4.37. The fourth-order valence-electron chi connectivity index (χ4n) is 1.64. The van der Waals surface area contributed by atoms with Gasteiger partial charge in [0.25, 0.3) is 0 Å². The number of hydrogen-bond donors (Lipinski definition) is 0. The number of hydrogen-bond acceptors (Lipinski definition) is 2. The van der Waals surface area contributed by atoms with Gasteiger partial charge in [-0.3, -0.25) is 4.79 Å². The molecule has 0 unspecified atom stereocenters. The van der Waals surface area contributed by atoms with E-state index in [4.69, 9.17) is 0 Å². The maximum Gasteiger partial charge on any atom is 0.416 e. The van der Waals surface area contributed by atoms with Crippen LogP contribution in [0.15, 0.2) is 18.2 Å². The third-order valence-corrected chi connectivity index (χ3v) is 2.59. The number of benzene rings is 1. The summed E-state index contributed by atoms with van der Waals surface area (Å²) in [6, 6.07) is 2.60. The minimum Gasteiger partial charge on any atom is -0.372 e. The summed E-state index contributed by atoms with van der Waals surface area (Å²) >= 11 is 0. The van der Waals surface area contributed by atoms with Gasteiger partial charge >= 0.3 is 12.4 Å². The number of carbonyl (C=O) groups is 1. The maximum atomic E-state index is 12.4. The van der Waals surface area contributed by atoms with Crippen LogP contribution in [0.3, 0.4) is 0 Å². The molecule has 0 radical (unpaired) electrons. The van der Waals surface area contributed by atoms with Crippen LogP contribution >= 0.6 is 0 Å². The summed E-state index contributed by atoms with van der Waals surface area (Å²) < 4.78 is 77.1. The first-order valence-electron chi connectivity index (χ1n) is 5.86. The highest BCUT2D eigenvalue weighted by atomic mass is 19.4. The van der Waals surface area contributed by atoms with E-state index >= 15 is 0 Å². The van der Waals surface area contributed by atoms with Crippen molar-refractivity contribution < 1.29 is 35.9 Å². The van der Waals surface area contributed by atoms with Crippen LogP contribution in [0.2, 0.25) is 0 Å². The third kappa shape index (κ3) is 5.74. The van der Waals surface area contributed by atoms with Gasteiger partial charge in [-0.2, -0.15) is 26.3 Å². The van der Waals surface area contributed by atoms with Crippen LogP contribution in [0.1, 0.15) is 27.9 Å². The van der Waals surface area contributed by atoms with E-state index in [1.54, 1.807) is 0 Å². The van der Waals surface area contributed by atoms with E-state index in [9.17, 15) is 31.1 Å². The Labute approximate surface area is 116 Å². The van der Waals surface area contributed by atoms with Crippen molar-refractivity contribution in [3.63, 3.8) is 0 Å². The van der Waals surface area contributed by atoms with E-state index < -0.39 is 36.9 Å². The first-order chi connectivity index (χ1) is 9.50. The Kier molecular flexibility index (Phi) is 5.38. The van der Waals surface area contributed by atoms with Gasteiger partial charge in [0.1, 0.15) is 6.61 Å². The minimum absolute atomic E-state index is 0.0404. The number of Topliss-reactive ketones (excluding diaryl/α,β-unsaturated/α-hetero) is 1. The Balaban J connectivity index is 2.63. The Morgan fingerprint density at radius 2 is 1.76 bits per heavy atom. The van der Waals surface area contributed by atoms with Crippen molar-refractivity contribution in [1.29, 1.82) is 0 Å². The molecule has 0 atom stereocenters. The lowest BCUT2D eigenvalue weighted by Gasteiger charge is -2.11. The van der Waals surface area contributed by atoms with Gasteiger partial charge in [-0.15, -0.1) is 0 Å². The fourth-order valence-corrected chi connectivity index (χ4v) is 1.64. The molecule has 118 valence electrons. The molecule has 1 aromatic carbocycles. The van der Waals surface area contributed by atoms with Crippen molar-refractivity contribution in [2.45, 2.75) is 25.7 Å². The molecule has 1 aromatic rings. The zero-order chi connectivity index (χ0) is 16.3. The van der Waals surface area contributed by atoms with Gasteiger partial charge in [0.15, 0.2) is 5.78 Å². The fraction of sp³-hybridized carbons (Fsp3) is 0.462. The molecule has 1 rings (SSSR count). The van der Waals surface area contributed by atoms with E-state index in [0.29, 0.717) is 0 Å². The van der Waals surface area contributed by atoms with Crippen LogP contribution in [0, 0.1) is 6.92 Å². The molecule has 0 bridgehead atoms. The van der Waals surface area contributed by atoms with Crippen molar-refractivity contribution >= 4 is 5.78 Å². The van der Waals surface area contributed by atoms with Gasteiger partial charge in [-0.05, 0) is 24.6 Å². The molecular formula is C13H12F6O2. The lowest BCUT2D eigenvalue weighted by atomic mass is 10.00. The molecule has 0 spiro atoms. The Hall–Kier alpha value is -1.57. The lowest BCUT2D eigenvalue weighted by Crippen LogP contribution is -2.18. The summed E-state index contributed by atoms with van der Waals surface area (Å²) in [7, 11) is 0. The maximum absolute atomic E-state index is 12.4. The summed E-state index contributed by atoms with van der Waals surface area (Å²) in [5.74, 6) is -0.566. The molecule has 0 aliphatic heterocycles. The largest absolute Gasteiger partial charge is 0.416 e. The molecular weight excluding hydrogens is 302 g/mol. The van der Waals surface area contributed by atoms with Crippen molar-refractivity contribution in [1.82, 2.24) is 0 Å².